The van der Waals surface area contributed by atoms with Crippen LogP contribution in [0, 0.1) is 10.8 Å². The molecule has 0 aromatic carbocycles. The highest BCUT2D eigenvalue weighted by Gasteiger charge is 2.43. The normalized spacial score (nSPS) is 13.6. The van der Waals surface area contributed by atoms with Gasteiger partial charge in [0.2, 0.25) is 0 Å². The minimum atomic E-state index is -1.09. The molecule has 1 atom stereocenters. The molecule has 0 saturated heterocycles. The molecule has 0 aromatic heterocycles. The van der Waals surface area contributed by atoms with Gasteiger partial charge in [0.15, 0.2) is 0 Å². The summed E-state index contributed by atoms with van der Waals surface area (Å²) in [4.78, 5) is 0. The highest BCUT2D eigenvalue weighted by Crippen LogP contribution is 2.29. The fraction of sp³-hybridized carbons (Fsp3) is 1.00. The van der Waals surface area contributed by atoms with E-state index in [2.05, 4.69) is 48.5 Å². The molecular formula is C40H82O4. The summed E-state index contributed by atoms with van der Waals surface area (Å²) in [6, 6.07) is 0. The van der Waals surface area contributed by atoms with Crippen molar-refractivity contribution in [3.8, 4) is 0 Å². The van der Waals surface area contributed by atoms with Crippen molar-refractivity contribution in [3.63, 3.8) is 0 Å². The third-order valence-corrected chi connectivity index (χ3v) is 8.67. The van der Waals surface area contributed by atoms with Crippen LogP contribution in [0.15, 0.2) is 0 Å². The lowest BCUT2D eigenvalue weighted by Crippen LogP contribution is -2.51. The molecule has 0 spiro atoms. The lowest BCUT2D eigenvalue weighted by atomic mass is 9.89. The summed E-state index contributed by atoms with van der Waals surface area (Å²) in [5.74, 6) is -1.09. The Morgan fingerprint density at radius 1 is 0.409 bits per heavy atom. The van der Waals surface area contributed by atoms with Crippen LogP contribution in [0.5, 0.6) is 0 Å². The number of ether oxygens (including phenoxy) is 4. The van der Waals surface area contributed by atoms with E-state index < -0.39 is 5.97 Å². The van der Waals surface area contributed by atoms with Crippen LogP contribution in [0.2, 0.25) is 0 Å². The second-order valence-corrected chi connectivity index (χ2v) is 15.8. The molecule has 0 N–H and O–H groups in total. The molecule has 266 valence electrons. The Balaban J connectivity index is 4.76. The van der Waals surface area contributed by atoms with E-state index in [0.29, 0.717) is 30.7 Å². The monoisotopic (exact) mass is 627 g/mol. The van der Waals surface area contributed by atoms with Crippen LogP contribution in [0.4, 0.5) is 0 Å². The first-order chi connectivity index (χ1) is 21.0. The largest absolute Gasteiger partial charge is 0.370 e. The van der Waals surface area contributed by atoms with Gasteiger partial charge in [-0.3, -0.25) is 0 Å². The van der Waals surface area contributed by atoms with Crippen molar-refractivity contribution in [2.75, 3.05) is 26.4 Å². The average Bonchev–Trinajstić information content (AvgIpc) is 2.94. The van der Waals surface area contributed by atoms with Gasteiger partial charge in [-0.1, -0.05) is 164 Å². The zero-order valence-electron chi connectivity index (χ0n) is 31.8. The van der Waals surface area contributed by atoms with E-state index >= 15 is 0 Å². The third-order valence-electron chi connectivity index (χ3n) is 8.67. The highest BCUT2D eigenvalue weighted by molar-refractivity contribution is 4.74. The summed E-state index contributed by atoms with van der Waals surface area (Å²) in [5.41, 5.74) is 0.935. The van der Waals surface area contributed by atoms with Gasteiger partial charge in [-0.25, -0.2) is 0 Å². The van der Waals surface area contributed by atoms with Gasteiger partial charge in [0.25, 0.3) is 0 Å². The number of unbranched alkanes of at least 4 members (excludes halogenated alkanes) is 17. The second-order valence-electron chi connectivity index (χ2n) is 15.8. The van der Waals surface area contributed by atoms with E-state index in [9.17, 15) is 0 Å². The maximum Gasteiger partial charge on any atom is 0.310 e. The van der Waals surface area contributed by atoms with Crippen LogP contribution in [-0.2, 0) is 18.9 Å². The molecule has 0 aromatic rings. The van der Waals surface area contributed by atoms with Crippen molar-refractivity contribution in [2.24, 2.45) is 10.8 Å². The molecule has 0 saturated carbocycles. The molecule has 4 heteroatoms. The zero-order valence-corrected chi connectivity index (χ0v) is 31.8. The highest BCUT2D eigenvalue weighted by atomic mass is 16.9. The van der Waals surface area contributed by atoms with Crippen molar-refractivity contribution >= 4 is 0 Å². The van der Waals surface area contributed by atoms with Gasteiger partial charge in [0, 0.05) is 19.8 Å². The third kappa shape index (κ3) is 27.0. The van der Waals surface area contributed by atoms with Crippen molar-refractivity contribution in [3.05, 3.63) is 0 Å². The van der Waals surface area contributed by atoms with Crippen LogP contribution in [0.25, 0.3) is 0 Å². The predicted octanol–water partition coefficient (Wildman–Crippen LogP) is 13.2. The Labute approximate surface area is 277 Å². The Hall–Kier alpha value is -0.160. The molecule has 0 aliphatic carbocycles. The fourth-order valence-corrected chi connectivity index (χ4v) is 6.00. The Kier molecular flexibility index (Phi) is 27.8. The first-order valence-electron chi connectivity index (χ1n) is 19.5. The molecule has 4 nitrogen and oxygen atoms in total. The van der Waals surface area contributed by atoms with Gasteiger partial charge in [-0.2, -0.15) is 0 Å². The molecular weight excluding hydrogens is 544 g/mol. The molecule has 0 bridgehead atoms. The lowest BCUT2D eigenvalue weighted by Gasteiger charge is -2.39. The van der Waals surface area contributed by atoms with Gasteiger partial charge in [0.1, 0.15) is 6.10 Å². The van der Waals surface area contributed by atoms with Crippen LogP contribution < -0.4 is 0 Å². The predicted molar refractivity (Wildman–Crippen MR) is 192 cm³/mol. The molecule has 0 heterocycles. The van der Waals surface area contributed by atoms with E-state index in [0.717, 1.165) is 32.3 Å². The van der Waals surface area contributed by atoms with E-state index in [1.165, 1.54) is 122 Å². The van der Waals surface area contributed by atoms with Crippen LogP contribution in [0.1, 0.15) is 210 Å². The van der Waals surface area contributed by atoms with Gasteiger partial charge in [-0.15, -0.1) is 0 Å². The van der Waals surface area contributed by atoms with Gasteiger partial charge in [0.05, 0.1) is 6.61 Å². The fourth-order valence-electron chi connectivity index (χ4n) is 6.00. The minimum Gasteiger partial charge on any atom is -0.370 e. The van der Waals surface area contributed by atoms with E-state index in [1.54, 1.807) is 0 Å². The summed E-state index contributed by atoms with van der Waals surface area (Å²) in [6.45, 7) is 23.0. The molecule has 1 unspecified atom stereocenters. The van der Waals surface area contributed by atoms with Crippen molar-refractivity contribution in [2.45, 2.75) is 222 Å². The maximum atomic E-state index is 6.60. The van der Waals surface area contributed by atoms with Crippen molar-refractivity contribution in [1.29, 1.82) is 0 Å². The maximum absolute atomic E-state index is 6.60. The second kappa shape index (κ2) is 27.9. The van der Waals surface area contributed by atoms with Crippen LogP contribution >= 0.6 is 0 Å². The quantitative estimate of drug-likeness (QED) is 0.0550. The molecule has 0 amide bonds. The summed E-state index contributed by atoms with van der Waals surface area (Å²) >= 11 is 0. The average molecular weight is 627 g/mol. The molecule has 0 rings (SSSR count). The number of hydrogen-bond donors (Lipinski definition) is 0. The summed E-state index contributed by atoms with van der Waals surface area (Å²) in [7, 11) is 0. The van der Waals surface area contributed by atoms with E-state index in [1.807, 2.05) is 13.8 Å². The van der Waals surface area contributed by atoms with Crippen molar-refractivity contribution < 1.29 is 18.9 Å². The molecule has 0 fully saturated rings. The zero-order chi connectivity index (χ0) is 33.0. The first kappa shape index (κ1) is 43.8. The lowest BCUT2D eigenvalue weighted by molar-refractivity contribution is -0.416. The van der Waals surface area contributed by atoms with Crippen LogP contribution in [-0.4, -0.2) is 38.5 Å². The summed E-state index contributed by atoms with van der Waals surface area (Å²) in [6.07, 6.45) is 29.0. The summed E-state index contributed by atoms with van der Waals surface area (Å²) in [5, 5.41) is 0. The van der Waals surface area contributed by atoms with Gasteiger partial charge < -0.3 is 18.9 Å². The van der Waals surface area contributed by atoms with Crippen molar-refractivity contribution in [1.82, 2.24) is 0 Å². The number of rotatable bonds is 32. The SMILES string of the molecule is CCCCCCCCC(OCCCCCCCCCC(C)(C)C)C(OCC)(OCC)OCCCCCCCCCC(C)(C)C. The molecule has 44 heavy (non-hydrogen) atoms. The van der Waals surface area contributed by atoms with Gasteiger partial charge >= 0.3 is 5.97 Å². The standard InChI is InChI=1S/C40H82O4/c1-10-13-14-15-22-27-32-37(41-35-30-25-20-16-18-23-28-33-38(4,5)6)40(42-11-2,43-12-3)44-36-31-26-21-17-19-24-29-34-39(7,8)9/h37H,10-36H2,1-9H3. The topological polar surface area (TPSA) is 36.9 Å². The molecule has 0 aliphatic rings. The Morgan fingerprint density at radius 3 is 1.23 bits per heavy atom. The summed E-state index contributed by atoms with van der Waals surface area (Å²) < 4.78 is 25.8. The molecule has 0 aliphatic heterocycles. The Bertz CT molecular complexity index is 585. The molecule has 0 radical (unpaired) electrons. The minimum absolute atomic E-state index is 0.186. The first-order valence-corrected chi connectivity index (χ1v) is 19.5. The van der Waals surface area contributed by atoms with E-state index in [-0.39, 0.29) is 6.10 Å². The Morgan fingerprint density at radius 2 is 0.795 bits per heavy atom. The number of hydrogen-bond acceptors (Lipinski definition) is 4. The van der Waals surface area contributed by atoms with Crippen LogP contribution in [0.3, 0.4) is 0 Å². The van der Waals surface area contributed by atoms with Gasteiger partial charge in [-0.05, 0) is 56.8 Å². The van der Waals surface area contributed by atoms with E-state index in [4.69, 9.17) is 18.9 Å². The smallest absolute Gasteiger partial charge is 0.310 e.